The molecule has 3 atom stereocenters. The normalized spacial score (nSPS) is 33.9. The molecule has 0 spiro atoms. The number of likely N-dealkylation sites (tertiary alicyclic amines) is 1. The number of hydrogen-bond donors (Lipinski definition) is 1. The van der Waals surface area contributed by atoms with Crippen LogP contribution in [0.4, 0.5) is 0 Å². The number of aliphatic hydroxyl groups is 1. The minimum atomic E-state index is -0.0141. The number of allylic oxidation sites excluding steroid dienone is 3. The molecule has 2 heteroatoms. The zero-order chi connectivity index (χ0) is 18.1. The van der Waals surface area contributed by atoms with Crippen LogP contribution in [-0.2, 0) is 6.42 Å². The smallest absolute Gasteiger partial charge is 0.111 e. The van der Waals surface area contributed by atoms with Crippen molar-refractivity contribution in [1.29, 1.82) is 0 Å². The molecule has 0 amide bonds. The third-order valence-corrected chi connectivity index (χ3v) is 6.87. The fraction of sp³-hybridized carbons (Fsp3) is 0.500. The molecule has 4 rings (SSSR count). The fourth-order valence-electron chi connectivity index (χ4n) is 5.20. The van der Waals surface area contributed by atoms with Crippen LogP contribution < -0.4 is 0 Å². The fourth-order valence-corrected chi connectivity index (χ4v) is 5.20. The molecule has 3 aliphatic rings. The number of aliphatic hydroxyl groups excluding tert-OH is 1. The van der Waals surface area contributed by atoms with Crippen molar-refractivity contribution in [3.63, 3.8) is 0 Å². The lowest BCUT2D eigenvalue weighted by atomic mass is 9.77. The number of fused-ring (bicyclic) bond motifs is 1. The molecule has 1 aromatic carbocycles. The van der Waals surface area contributed by atoms with Crippen LogP contribution in [0, 0.1) is 23.2 Å². The highest BCUT2D eigenvalue weighted by molar-refractivity contribution is 5.29. The molecule has 1 aliphatic heterocycles. The van der Waals surface area contributed by atoms with Crippen LogP contribution in [-0.4, -0.2) is 29.6 Å². The van der Waals surface area contributed by atoms with Gasteiger partial charge in [-0.25, -0.2) is 0 Å². The molecule has 0 bridgehead atoms. The summed E-state index contributed by atoms with van der Waals surface area (Å²) in [6, 6.07) is 11.0. The number of rotatable bonds is 5. The van der Waals surface area contributed by atoms with Gasteiger partial charge in [-0.1, -0.05) is 55.5 Å². The Morgan fingerprint density at radius 1 is 1.19 bits per heavy atom. The summed E-state index contributed by atoms with van der Waals surface area (Å²) in [6.45, 7) is 10.1. The zero-order valence-corrected chi connectivity index (χ0v) is 15.9. The number of nitrogens with zero attached hydrogens (tertiary/aromatic N) is 1. The van der Waals surface area contributed by atoms with Gasteiger partial charge < -0.3 is 5.11 Å². The van der Waals surface area contributed by atoms with E-state index in [1.165, 1.54) is 43.5 Å². The van der Waals surface area contributed by atoms with Gasteiger partial charge in [-0.2, -0.15) is 0 Å². The lowest BCUT2D eigenvalue weighted by molar-refractivity contribution is 0.299. The SMILES string of the molecule is C=C(CN1CC2CC(Cc3ccccc3)CC2C1)C1(C)C=CC(O)=CC1. The van der Waals surface area contributed by atoms with E-state index >= 15 is 0 Å². The number of hydrogen-bond acceptors (Lipinski definition) is 2. The van der Waals surface area contributed by atoms with E-state index in [1.54, 1.807) is 0 Å². The minimum absolute atomic E-state index is 0.0141. The molecular formula is C24H31NO. The molecule has 1 aromatic rings. The highest BCUT2D eigenvalue weighted by atomic mass is 16.3. The maximum atomic E-state index is 9.58. The van der Waals surface area contributed by atoms with E-state index in [0.717, 1.165) is 30.7 Å². The predicted molar refractivity (Wildman–Crippen MR) is 108 cm³/mol. The maximum absolute atomic E-state index is 9.58. The summed E-state index contributed by atoms with van der Waals surface area (Å²) in [7, 11) is 0. The van der Waals surface area contributed by atoms with Crippen molar-refractivity contribution in [1.82, 2.24) is 4.90 Å². The molecule has 1 saturated heterocycles. The van der Waals surface area contributed by atoms with Gasteiger partial charge in [0, 0.05) is 25.0 Å². The second-order valence-corrected chi connectivity index (χ2v) is 8.93. The van der Waals surface area contributed by atoms with Gasteiger partial charge in [0.05, 0.1) is 0 Å². The molecule has 3 unspecified atom stereocenters. The van der Waals surface area contributed by atoms with E-state index in [0.29, 0.717) is 5.76 Å². The van der Waals surface area contributed by atoms with Crippen LogP contribution in [0.1, 0.15) is 31.7 Å². The first-order chi connectivity index (χ1) is 12.5. The Morgan fingerprint density at radius 2 is 1.88 bits per heavy atom. The summed E-state index contributed by atoms with van der Waals surface area (Å²) in [6.07, 6.45) is 10.7. The quantitative estimate of drug-likeness (QED) is 0.743. The summed E-state index contributed by atoms with van der Waals surface area (Å²) < 4.78 is 0. The lowest BCUT2D eigenvalue weighted by Crippen LogP contribution is -2.30. The first kappa shape index (κ1) is 17.6. The van der Waals surface area contributed by atoms with Crippen molar-refractivity contribution in [2.45, 2.75) is 32.6 Å². The molecule has 1 N–H and O–H groups in total. The van der Waals surface area contributed by atoms with Gasteiger partial charge in [0.2, 0.25) is 0 Å². The Hall–Kier alpha value is -1.80. The third-order valence-electron chi connectivity index (χ3n) is 6.87. The summed E-state index contributed by atoms with van der Waals surface area (Å²) in [5, 5.41) is 9.58. The standard InChI is InChI=1S/C24H31NO/c1-18(24(2)10-8-23(26)9-11-24)15-25-16-21-13-20(14-22(21)17-25)12-19-6-4-3-5-7-19/h3-10,20-22,26H,1,11-17H2,2H3. The Balaban J connectivity index is 1.28. The highest BCUT2D eigenvalue weighted by Crippen LogP contribution is 2.44. The van der Waals surface area contributed by atoms with Crippen LogP contribution in [0.25, 0.3) is 0 Å². The van der Waals surface area contributed by atoms with Crippen LogP contribution in [0.2, 0.25) is 0 Å². The van der Waals surface area contributed by atoms with E-state index in [4.69, 9.17) is 0 Å². The van der Waals surface area contributed by atoms with Crippen LogP contribution >= 0.6 is 0 Å². The minimum Gasteiger partial charge on any atom is -0.508 e. The molecule has 138 valence electrons. The summed E-state index contributed by atoms with van der Waals surface area (Å²) >= 11 is 0. The van der Waals surface area contributed by atoms with E-state index in [2.05, 4.69) is 54.8 Å². The second-order valence-electron chi connectivity index (χ2n) is 8.93. The largest absolute Gasteiger partial charge is 0.508 e. The summed E-state index contributed by atoms with van der Waals surface area (Å²) in [5.74, 6) is 2.99. The number of benzene rings is 1. The second kappa shape index (κ2) is 7.08. The Labute approximate surface area is 157 Å². The van der Waals surface area contributed by atoms with Gasteiger partial charge in [0.25, 0.3) is 0 Å². The van der Waals surface area contributed by atoms with E-state index in [9.17, 15) is 5.11 Å². The molecule has 0 aromatic heterocycles. The van der Waals surface area contributed by atoms with E-state index < -0.39 is 0 Å². The monoisotopic (exact) mass is 349 g/mol. The molecule has 1 saturated carbocycles. The Bertz CT molecular complexity index is 705. The van der Waals surface area contributed by atoms with Crippen molar-refractivity contribution in [2.24, 2.45) is 23.2 Å². The lowest BCUT2D eigenvalue weighted by Gasteiger charge is -2.32. The summed E-state index contributed by atoms with van der Waals surface area (Å²) in [5.41, 5.74) is 2.76. The molecule has 1 heterocycles. The van der Waals surface area contributed by atoms with Gasteiger partial charge in [0.15, 0.2) is 0 Å². The molecule has 2 nitrogen and oxygen atoms in total. The van der Waals surface area contributed by atoms with Crippen LogP contribution in [0.3, 0.4) is 0 Å². The van der Waals surface area contributed by atoms with E-state index in [-0.39, 0.29) is 5.41 Å². The van der Waals surface area contributed by atoms with Crippen molar-refractivity contribution < 1.29 is 5.11 Å². The molecule has 2 aliphatic carbocycles. The zero-order valence-electron chi connectivity index (χ0n) is 15.9. The molecular weight excluding hydrogens is 318 g/mol. The van der Waals surface area contributed by atoms with Gasteiger partial charge >= 0.3 is 0 Å². The average Bonchev–Trinajstić information content (AvgIpc) is 3.16. The Kier molecular flexibility index (Phi) is 4.79. The van der Waals surface area contributed by atoms with Crippen molar-refractivity contribution >= 4 is 0 Å². The first-order valence-corrected chi connectivity index (χ1v) is 10.0. The third kappa shape index (κ3) is 3.66. The predicted octanol–water partition coefficient (Wildman–Crippen LogP) is 5.15. The average molecular weight is 350 g/mol. The molecule has 26 heavy (non-hydrogen) atoms. The Morgan fingerprint density at radius 3 is 2.50 bits per heavy atom. The van der Waals surface area contributed by atoms with Crippen molar-refractivity contribution in [2.75, 3.05) is 19.6 Å². The molecule has 0 radical (unpaired) electrons. The van der Waals surface area contributed by atoms with Gasteiger partial charge in [-0.15, -0.1) is 0 Å². The van der Waals surface area contributed by atoms with Crippen LogP contribution in [0.5, 0.6) is 0 Å². The van der Waals surface area contributed by atoms with Gasteiger partial charge in [0.1, 0.15) is 5.76 Å². The van der Waals surface area contributed by atoms with Crippen LogP contribution in [0.15, 0.2) is 66.5 Å². The van der Waals surface area contributed by atoms with Crippen molar-refractivity contribution in [3.05, 3.63) is 72.0 Å². The first-order valence-electron chi connectivity index (χ1n) is 10.0. The van der Waals surface area contributed by atoms with Gasteiger partial charge in [-0.05, 0) is 61.2 Å². The molecule has 2 fully saturated rings. The van der Waals surface area contributed by atoms with Gasteiger partial charge in [-0.3, -0.25) is 4.90 Å². The maximum Gasteiger partial charge on any atom is 0.111 e. The van der Waals surface area contributed by atoms with Crippen molar-refractivity contribution in [3.8, 4) is 0 Å². The summed E-state index contributed by atoms with van der Waals surface area (Å²) in [4.78, 5) is 2.62. The van der Waals surface area contributed by atoms with E-state index in [1.807, 2.05) is 12.2 Å². The topological polar surface area (TPSA) is 23.5 Å². The highest BCUT2D eigenvalue weighted by Gasteiger charge is 2.41.